The van der Waals surface area contributed by atoms with E-state index in [1.165, 1.54) is 6.07 Å². The minimum absolute atomic E-state index is 0.00263. The van der Waals surface area contributed by atoms with Gasteiger partial charge in [0.25, 0.3) is 0 Å². The van der Waals surface area contributed by atoms with Gasteiger partial charge in [0, 0.05) is 18.5 Å². The molecule has 1 aromatic carbocycles. The summed E-state index contributed by atoms with van der Waals surface area (Å²) in [6, 6.07) is 4.72. The molecule has 1 atom stereocenters. The van der Waals surface area contributed by atoms with Gasteiger partial charge in [-0.15, -0.1) is 0 Å². The maximum atomic E-state index is 13.6. The van der Waals surface area contributed by atoms with Gasteiger partial charge >= 0.3 is 0 Å². The van der Waals surface area contributed by atoms with Crippen LogP contribution >= 0.6 is 0 Å². The van der Waals surface area contributed by atoms with E-state index in [2.05, 4.69) is 20.8 Å². The van der Waals surface area contributed by atoms with E-state index >= 15 is 0 Å². The van der Waals surface area contributed by atoms with Crippen molar-refractivity contribution in [2.75, 3.05) is 13.1 Å². The molecular weight excluding hydrogens is 299 g/mol. The van der Waals surface area contributed by atoms with Crippen LogP contribution in [-0.4, -0.2) is 35.2 Å². The Kier molecular flexibility index (Phi) is 4.66. The van der Waals surface area contributed by atoms with Gasteiger partial charge in [-0.05, 0) is 37.9 Å². The Morgan fingerprint density at radius 3 is 3.13 bits per heavy atom. The van der Waals surface area contributed by atoms with Crippen LogP contribution < -0.4 is 10.6 Å². The number of benzene rings is 1. The summed E-state index contributed by atoms with van der Waals surface area (Å²) in [5.41, 5.74) is 1.14. The molecule has 1 saturated heterocycles. The number of aromatic nitrogens is 2. The Bertz CT molecular complexity index is 695. The van der Waals surface area contributed by atoms with E-state index in [4.69, 9.17) is 4.52 Å². The van der Waals surface area contributed by atoms with Gasteiger partial charge in [0.1, 0.15) is 5.82 Å². The van der Waals surface area contributed by atoms with E-state index in [-0.39, 0.29) is 17.8 Å². The summed E-state index contributed by atoms with van der Waals surface area (Å²) in [6.07, 6.45) is 2.34. The molecular formula is C16H19FN4O2. The number of nitrogens with one attached hydrogen (secondary N) is 2. The lowest BCUT2D eigenvalue weighted by Gasteiger charge is -2.09. The summed E-state index contributed by atoms with van der Waals surface area (Å²) >= 11 is 0. The average molecular weight is 318 g/mol. The number of aryl methyl sites for hydroxylation is 1. The fourth-order valence-electron chi connectivity index (χ4n) is 2.53. The van der Waals surface area contributed by atoms with Crippen LogP contribution in [0, 0.1) is 12.7 Å². The van der Waals surface area contributed by atoms with Crippen LogP contribution in [0.15, 0.2) is 22.7 Å². The highest BCUT2D eigenvalue weighted by molar-refractivity contribution is 5.81. The Balaban J connectivity index is 1.54. The molecule has 23 heavy (non-hydrogen) atoms. The molecule has 1 aromatic heterocycles. The van der Waals surface area contributed by atoms with E-state index in [0.29, 0.717) is 35.8 Å². The lowest BCUT2D eigenvalue weighted by atomic mass is 10.1. The average Bonchev–Trinajstić information content (AvgIpc) is 3.21. The van der Waals surface area contributed by atoms with E-state index in [9.17, 15) is 9.18 Å². The van der Waals surface area contributed by atoms with Crippen LogP contribution in [-0.2, 0) is 11.2 Å². The first-order valence-electron chi connectivity index (χ1n) is 7.73. The standard InChI is InChI=1S/C16H19FN4O2/c1-10-4-5-11(9-12(10)17)15-20-14(23-21-15)6-8-19-16(22)13-3-2-7-18-13/h4-5,9,13,18H,2-3,6-8H2,1H3,(H,19,22). The van der Waals surface area contributed by atoms with Gasteiger partial charge in [-0.1, -0.05) is 17.3 Å². The monoisotopic (exact) mass is 318 g/mol. The van der Waals surface area contributed by atoms with Crippen molar-refractivity contribution in [3.05, 3.63) is 35.5 Å². The van der Waals surface area contributed by atoms with Crippen LogP contribution in [0.4, 0.5) is 4.39 Å². The van der Waals surface area contributed by atoms with Crippen molar-refractivity contribution in [2.24, 2.45) is 0 Å². The molecule has 0 aliphatic carbocycles. The lowest BCUT2D eigenvalue weighted by Crippen LogP contribution is -2.41. The predicted octanol–water partition coefficient (Wildman–Crippen LogP) is 1.59. The highest BCUT2D eigenvalue weighted by Crippen LogP contribution is 2.19. The molecule has 1 fully saturated rings. The van der Waals surface area contributed by atoms with Gasteiger partial charge in [-0.3, -0.25) is 4.79 Å². The van der Waals surface area contributed by atoms with Crippen LogP contribution in [0.1, 0.15) is 24.3 Å². The van der Waals surface area contributed by atoms with Crippen molar-refractivity contribution < 1.29 is 13.7 Å². The smallest absolute Gasteiger partial charge is 0.237 e. The highest BCUT2D eigenvalue weighted by Gasteiger charge is 2.21. The van der Waals surface area contributed by atoms with Gasteiger partial charge in [0.05, 0.1) is 6.04 Å². The molecule has 122 valence electrons. The number of hydrogen-bond donors (Lipinski definition) is 2. The van der Waals surface area contributed by atoms with Crippen molar-refractivity contribution in [2.45, 2.75) is 32.2 Å². The van der Waals surface area contributed by atoms with E-state index in [0.717, 1.165) is 19.4 Å². The van der Waals surface area contributed by atoms with Gasteiger partial charge in [0.2, 0.25) is 17.6 Å². The normalized spacial score (nSPS) is 17.4. The molecule has 3 rings (SSSR count). The first kappa shape index (κ1) is 15.6. The third-order valence-electron chi connectivity index (χ3n) is 3.91. The second-order valence-corrected chi connectivity index (χ2v) is 5.67. The Morgan fingerprint density at radius 1 is 1.52 bits per heavy atom. The number of amides is 1. The summed E-state index contributed by atoms with van der Waals surface area (Å²) in [5, 5.41) is 9.85. The molecule has 0 radical (unpaired) electrons. The third-order valence-corrected chi connectivity index (χ3v) is 3.91. The number of carbonyl (C=O) groups is 1. The van der Waals surface area contributed by atoms with Gasteiger partial charge < -0.3 is 15.2 Å². The zero-order valence-corrected chi connectivity index (χ0v) is 12.9. The quantitative estimate of drug-likeness (QED) is 0.875. The zero-order valence-electron chi connectivity index (χ0n) is 12.9. The maximum absolute atomic E-state index is 13.6. The van der Waals surface area contributed by atoms with Crippen LogP contribution in [0.3, 0.4) is 0 Å². The van der Waals surface area contributed by atoms with E-state index in [1.54, 1.807) is 19.1 Å². The summed E-state index contributed by atoms with van der Waals surface area (Å²) in [6.45, 7) is 3.02. The second kappa shape index (κ2) is 6.87. The van der Waals surface area contributed by atoms with Crippen molar-refractivity contribution in [3.8, 4) is 11.4 Å². The summed E-state index contributed by atoms with van der Waals surface area (Å²) in [5.74, 6) is 0.469. The number of rotatable bonds is 5. The number of carbonyl (C=O) groups excluding carboxylic acids is 1. The van der Waals surface area contributed by atoms with Crippen LogP contribution in [0.5, 0.6) is 0 Å². The molecule has 1 aliphatic heterocycles. The fraction of sp³-hybridized carbons (Fsp3) is 0.438. The zero-order chi connectivity index (χ0) is 16.2. The highest BCUT2D eigenvalue weighted by atomic mass is 19.1. The summed E-state index contributed by atoms with van der Waals surface area (Å²) < 4.78 is 18.7. The summed E-state index contributed by atoms with van der Waals surface area (Å²) in [7, 11) is 0. The minimum atomic E-state index is -0.301. The van der Waals surface area contributed by atoms with E-state index < -0.39 is 0 Å². The lowest BCUT2D eigenvalue weighted by molar-refractivity contribution is -0.122. The molecule has 1 aliphatic rings. The molecule has 0 spiro atoms. The first-order chi connectivity index (χ1) is 11.1. The Morgan fingerprint density at radius 2 is 2.39 bits per heavy atom. The van der Waals surface area contributed by atoms with Gasteiger partial charge in [0.15, 0.2) is 0 Å². The Hall–Kier alpha value is -2.28. The number of nitrogens with zero attached hydrogens (tertiary/aromatic N) is 2. The number of halogens is 1. The molecule has 2 heterocycles. The maximum Gasteiger partial charge on any atom is 0.237 e. The molecule has 1 unspecified atom stereocenters. The topological polar surface area (TPSA) is 80.0 Å². The third kappa shape index (κ3) is 3.73. The molecule has 2 aromatic rings. The molecule has 6 nitrogen and oxygen atoms in total. The second-order valence-electron chi connectivity index (χ2n) is 5.67. The van der Waals surface area contributed by atoms with Crippen LogP contribution in [0.25, 0.3) is 11.4 Å². The van der Waals surface area contributed by atoms with Gasteiger partial charge in [-0.25, -0.2) is 4.39 Å². The number of hydrogen-bond acceptors (Lipinski definition) is 5. The molecule has 7 heteroatoms. The SMILES string of the molecule is Cc1ccc(-c2noc(CCNC(=O)C3CCCN3)n2)cc1F. The van der Waals surface area contributed by atoms with Gasteiger partial charge in [-0.2, -0.15) is 4.98 Å². The molecule has 0 bridgehead atoms. The molecule has 2 N–H and O–H groups in total. The van der Waals surface area contributed by atoms with Crippen molar-refractivity contribution in [1.82, 2.24) is 20.8 Å². The van der Waals surface area contributed by atoms with Crippen molar-refractivity contribution in [3.63, 3.8) is 0 Å². The van der Waals surface area contributed by atoms with Crippen molar-refractivity contribution >= 4 is 5.91 Å². The predicted molar refractivity (Wildman–Crippen MR) is 82.2 cm³/mol. The Labute approximate surface area is 133 Å². The minimum Gasteiger partial charge on any atom is -0.354 e. The fourth-order valence-corrected chi connectivity index (χ4v) is 2.53. The van der Waals surface area contributed by atoms with Crippen LogP contribution in [0.2, 0.25) is 0 Å². The molecule has 0 saturated carbocycles. The summed E-state index contributed by atoms with van der Waals surface area (Å²) in [4.78, 5) is 16.1. The largest absolute Gasteiger partial charge is 0.354 e. The van der Waals surface area contributed by atoms with Crippen molar-refractivity contribution in [1.29, 1.82) is 0 Å². The molecule has 1 amide bonds. The van der Waals surface area contributed by atoms with E-state index in [1.807, 2.05) is 0 Å². The first-order valence-corrected chi connectivity index (χ1v) is 7.73.